The summed E-state index contributed by atoms with van der Waals surface area (Å²) in [6, 6.07) is 0. The predicted octanol–water partition coefficient (Wildman–Crippen LogP) is -2.03. The molecule has 0 unspecified atom stereocenters. The summed E-state index contributed by atoms with van der Waals surface area (Å²) < 4.78 is 19.5. The quantitative estimate of drug-likeness (QED) is 0.364. The number of aliphatic hydroxyl groups is 4. The van der Waals surface area contributed by atoms with Gasteiger partial charge in [0.2, 0.25) is 0 Å². The number of phosphoric ester groups is 1. The Kier molecular flexibility index (Phi) is 4.44. The fraction of sp³-hybridized carbons (Fsp3) is 1.00. The molecule has 2 atom stereocenters. The number of hydrogen-bond acceptors (Lipinski definition) is 7. The molecule has 0 radical (unpaired) electrons. The van der Waals surface area contributed by atoms with Crippen molar-refractivity contribution in [2.75, 3.05) is 19.8 Å². The second kappa shape index (κ2) is 5.07. The van der Waals surface area contributed by atoms with E-state index in [4.69, 9.17) is 10.00 Å². The molecule has 1 saturated heterocycles. The van der Waals surface area contributed by atoms with Crippen LogP contribution in [0.1, 0.15) is 6.42 Å². The van der Waals surface area contributed by atoms with Gasteiger partial charge in [-0.3, -0.25) is 9.05 Å². The van der Waals surface area contributed by atoms with Gasteiger partial charge in [0.05, 0.1) is 19.3 Å². The van der Waals surface area contributed by atoms with E-state index in [-0.39, 0.29) is 13.0 Å². The van der Waals surface area contributed by atoms with Crippen molar-refractivity contribution in [1.29, 1.82) is 0 Å². The molecule has 0 aliphatic carbocycles. The van der Waals surface area contributed by atoms with Crippen molar-refractivity contribution in [2.45, 2.75) is 24.2 Å². The van der Waals surface area contributed by atoms with Crippen molar-refractivity contribution in [1.82, 2.24) is 0 Å². The Morgan fingerprint density at radius 3 is 2.25 bits per heavy atom. The fourth-order valence-electron chi connectivity index (χ4n) is 1.28. The van der Waals surface area contributed by atoms with Gasteiger partial charge in [0, 0.05) is 6.61 Å². The molecule has 8 nitrogen and oxygen atoms in total. The van der Waals surface area contributed by atoms with Crippen LogP contribution in [0, 0.1) is 0 Å². The Hall–Kier alpha value is -0.0500. The lowest BCUT2D eigenvalue weighted by Crippen LogP contribution is -2.56. The zero-order valence-electron chi connectivity index (χ0n) is 8.39. The van der Waals surface area contributed by atoms with Gasteiger partial charge >= 0.3 is 7.82 Å². The first kappa shape index (κ1) is 14.0. The summed E-state index contributed by atoms with van der Waals surface area (Å²) in [5, 5.41) is 37.3. The largest absolute Gasteiger partial charge is 0.472 e. The number of aliphatic hydroxyl groups excluding tert-OH is 3. The first-order valence-electron chi connectivity index (χ1n) is 4.62. The summed E-state index contributed by atoms with van der Waals surface area (Å²) in [7, 11) is -4.15. The molecule has 0 amide bonds. The second-order valence-corrected chi connectivity index (χ2v) is 5.10. The molecule has 1 rings (SSSR count). The third-order valence-corrected chi connectivity index (χ3v) is 3.21. The maximum absolute atomic E-state index is 10.9. The molecule has 9 heteroatoms. The highest BCUT2D eigenvalue weighted by molar-refractivity contribution is 7.47. The van der Waals surface area contributed by atoms with Crippen LogP contribution < -0.4 is 0 Å². The summed E-state index contributed by atoms with van der Waals surface area (Å²) in [5.41, 5.74) is -1.97. The van der Waals surface area contributed by atoms with Gasteiger partial charge < -0.3 is 25.3 Å². The van der Waals surface area contributed by atoms with Crippen LogP contribution >= 0.6 is 7.82 Å². The fourth-order valence-corrected chi connectivity index (χ4v) is 2.13. The van der Waals surface area contributed by atoms with Crippen molar-refractivity contribution < 1.29 is 38.9 Å². The van der Waals surface area contributed by atoms with E-state index in [0.717, 1.165) is 0 Å². The van der Waals surface area contributed by atoms with Gasteiger partial charge in [0.15, 0.2) is 0 Å². The lowest BCUT2D eigenvalue weighted by Gasteiger charge is -2.38. The smallest absolute Gasteiger partial charge is 0.396 e. The number of rotatable bonds is 4. The van der Waals surface area contributed by atoms with Gasteiger partial charge in [-0.2, -0.15) is 0 Å². The lowest BCUT2D eigenvalue weighted by molar-refractivity contribution is -0.178. The zero-order chi connectivity index (χ0) is 12.4. The van der Waals surface area contributed by atoms with E-state index in [1.165, 1.54) is 0 Å². The lowest BCUT2D eigenvalue weighted by atomic mass is 9.93. The molecule has 0 saturated carbocycles. The van der Waals surface area contributed by atoms with E-state index in [2.05, 4.69) is 9.05 Å². The van der Waals surface area contributed by atoms with E-state index in [9.17, 15) is 19.9 Å². The molecule has 0 aromatic rings. The standard InChI is InChI=1S/C7H15O8P/c8-2-1-5(9)6(10)7(11)3-14-16(12,13)15-4-7/h5-6,8-11H,1-4H2,(H,12,13)/t5-,6+/m1/s1. The van der Waals surface area contributed by atoms with Crippen LogP contribution in [0.25, 0.3) is 0 Å². The molecule has 16 heavy (non-hydrogen) atoms. The van der Waals surface area contributed by atoms with Crippen LogP contribution in [0.5, 0.6) is 0 Å². The molecular weight excluding hydrogens is 243 g/mol. The van der Waals surface area contributed by atoms with Gasteiger partial charge in [-0.1, -0.05) is 0 Å². The topological polar surface area (TPSA) is 137 Å². The first-order chi connectivity index (χ1) is 7.31. The SMILES string of the molecule is O=P1(O)OCC(O)([C@@H](O)[C@H](O)CCO)CO1. The highest BCUT2D eigenvalue weighted by atomic mass is 31.2. The number of phosphoric acid groups is 1. The van der Waals surface area contributed by atoms with Crippen molar-refractivity contribution in [3.63, 3.8) is 0 Å². The van der Waals surface area contributed by atoms with E-state index in [0.29, 0.717) is 0 Å². The van der Waals surface area contributed by atoms with Crippen molar-refractivity contribution in [2.24, 2.45) is 0 Å². The Morgan fingerprint density at radius 2 is 1.81 bits per heavy atom. The summed E-state index contributed by atoms with van der Waals surface area (Å²) in [6.07, 6.45) is -3.15. The Morgan fingerprint density at radius 1 is 1.31 bits per heavy atom. The van der Waals surface area contributed by atoms with Gasteiger partial charge in [0.25, 0.3) is 0 Å². The summed E-state index contributed by atoms with van der Waals surface area (Å²) in [6.45, 7) is -1.64. The summed E-state index contributed by atoms with van der Waals surface area (Å²) in [4.78, 5) is 8.85. The maximum atomic E-state index is 10.9. The normalized spacial score (nSPS) is 39.3. The molecule has 0 spiro atoms. The third kappa shape index (κ3) is 3.22. The first-order valence-corrected chi connectivity index (χ1v) is 6.11. The molecule has 1 heterocycles. The van der Waals surface area contributed by atoms with Crippen molar-refractivity contribution >= 4 is 7.82 Å². The second-order valence-electron chi connectivity index (χ2n) is 3.64. The average Bonchev–Trinajstić information content (AvgIpc) is 2.22. The molecule has 1 aliphatic heterocycles. The monoisotopic (exact) mass is 258 g/mol. The highest BCUT2D eigenvalue weighted by Gasteiger charge is 2.47. The number of hydrogen-bond donors (Lipinski definition) is 5. The minimum Gasteiger partial charge on any atom is -0.396 e. The molecule has 1 aliphatic rings. The van der Waals surface area contributed by atoms with E-state index >= 15 is 0 Å². The molecule has 1 fully saturated rings. The molecule has 0 aromatic heterocycles. The van der Waals surface area contributed by atoms with Crippen molar-refractivity contribution in [3.8, 4) is 0 Å². The molecule has 96 valence electrons. The molecule has 5 N–H and O–H groups in total. The van der Waals surface area contributed by atoms with Crippen LogP contribution in [-0.4, -0.2) is 62.9 Å². The average molecular weight is 258 g/mol. The third-order valence-electron chi connectivity index (χ3n) is 2.30. The predicted molar refractivity (Wildman–Crippen MR) is 50.4 cm³/mol. The van der Waals surface area contributed by atoms with Gasteiger partial charge in [-0.05, 0) is 6.42 Å². The highest BCUT2D eigenvalue weighted by Crippen LogP contribution is 2.48. The molecule has 0 aromatic carbocycles. The van der Waals surface area contributed by atoms with Gasteiger partial charge in [-0.15, -0.1) is 0 Å². The van der Waals surface area contributed by atoms with Crippen LogP contribution in [0.3, 0.4) is 0 Å². The Bertz CT molecular complexity index is 270. The van der Waals surface area contributed by atoms with Crippen LogP contribution in [0.4, 0.5) is 0 Å². The van der Waals surface area contributed by atoms with E-state index in [1.54, 1.807) is 0 Å². The molecule has 0 bridgehead atoms. The van der Waals surface area contributed by atoms with E-state index in [1.807, 2.05) is 0 Å². The summed E-state index contributed by atoms with van der Waals surface area (Å²) in [5.74, 6) is 0. The van der Waals surface area contributed by atoms with Crippen LogP contribution in [0.15, 0.2) is 0 Å². The Labute approximate surface area is 91.7 Å². The Balaban J connectivity index is 2.62. The van der Waals surface area contributed by atoms with Crippen LogP contribution in [-0.2, 0) is 13.6 Å². The van der Waals surface area contributed by atoms with Crippen molar-refractivity contribution in [3.05, 3.63) is 0 Å². The van der Waals surface area contributed by atoms with E-state index < -0.39 is 38.8 Å². The minimum absolute atomic E-state index is 0.139. The van der Waals surface area contributed by atoms with Gasteiger partial charge in [0.1, 0.15) is 11.7 Å². The van der Waals surface area contributed by atoms with Gasteiger partial charge in [-0.25, -0.2) is 4.57 Å². The maximum Gasteiger partial charge on any atom is 0.472 e. The summed E-state index contributed by atoms with van der Waals surface area (Å²) >= 11 is 0. The molecular formula is C7H15O8P. The zero-order valence-corrected chi connectivity index (χ0v) is 9.29. The minimum atomic E-state index is -4.15. The van der Waals surface area contributed by atoms with Crippen LogP contribution in [0.2, 0.25) is 0 Å².